The third kappa shape index (κ3) is 4.46. The number of esters is 2. The molecule has 0 spiro atoms. The molecule has 0 aliphatic rings. The van der Waals surface area contributed by atoms with E-state index in [1.54, 1.807) is 6.07 Å². The highest BCUT2D eigenvalue weighted by molar-refractivity contribution is 5.91. The van der Waals surface area contributed by atoms with Gasteiger partial charge in [-0.25, -0.2) is 9.59 Å². The van der Waals surface area contributed by atoms with Crippen molar-refractivity contribution in [2.24, 2.45) is 0 Å². The fourth-order valence-corrected chi connectivity index (χ4v) is 1.92. The predicted octanol–water partition coefficient (Wildman–Crippen LogP) is 3.70. The Balaban J connectivity index is 2.11. The molecule has 0 saturated heterocycles. The van der Waals surface area contributed by atoms with E-state index < -0.39 is 11.9 Å². The van der Waals surface area contributed by atoms with Crippen LogP contribution in [0.5, 0.6) is 17.2 Å². The first-order valence-corrected chi connectivity index (χ1v) is 7.43. The Labute approximate surface area is 140 Å². The molecule has 0 radical (unpaired) electrons. The van der Waals surface area contributed by atoms with Crippen LogP contribution in [0.2, 0.25) is 0 Å². The molecule has 0 heterocycles. The minimum Gasteiger partial charge on any atom is -0.494 e. The van der Waals surface area contributed by atoms with E-state index in [0.29, 0.717) is 29.4 Å². The minimum atomic E-state index is -0.561. The Bertz CT molecular complexity index is 747. The molecule has 0 aliphatic carbocycles. The molecule has 0 amide bonds. The Kier molecular flexibility index (Phi) is 5.73. The number of aryl methyl sites for hydroxylation is 1. The molecule has 2 aromatic carbocycles. The van der Waals surface area contributed by atoms with Crippen LogP contribution in [0, 0.1) is 6.92 Å². The van der Waals surface area contributed by atoms with Crippen molar-refractivity contribution in [3.05, 3.63) is 66.2 Å². The van der Waals surface area contributed by atoms with Crippen molar-refractivity contribution in [1.82, 2.24) is 0 Å². The highest BCUT2D eigenvalue weighted by Crippen LogP contribution is 2.25. The lowest BCUT2D eigenvalue weighted by Gasteiger charge is -2.10. The van der Waals surface area contributed by atoms with Crippen LogP contribution in [0.4, 0.5) is 0 Å². The van der Waals surface area contributed by atoms with E-state index in [9.17, 15) is 9.59 Å². The molecule has 0 aromatic heterocycles. The summed E-state index contributed by atoms with van der Waals surface area (Å²) in [5.41, 5.74) is 1.16. The summed E-state index contributed by atoms with van der Waals surface area (Å²) in [6.07, 6.45) is 1.07. The van der Waals surface area contributed by atoms with Crippen LogP contribution in [0.1, 0.15) is 22.8 Å². The van der Waals surface area contributed by atoms with Gasteiger partial charge in [0.1, 0.15) is 17.2 Å². The maximum atomic E-state index is 12.2. The number of carbonyl (C=O) groups excluding carboxylic acids is 2. The van der Waals surface area contributed by atoms with Crippen LogP contribution < -0.4 is 14.2 Å². The standard InChI is InChI=1S/C19H18O5/c1-4-18(20)23-15-10-7-14(8-11-15)19(21)24-17-12-16(22-5-2)9-6-13(17)3/h4,6-12H,1,5H2,2-3H3. The highest BCUT2D eigenvalue weighted by atomic mass is 16.5. The summed E-state index contributed by atoms with van der Waals surface area (Å²) in [4.78, 5) is 23.4. The normalized spacial score (nSPS) is 9.92. The van der Waals surface area contributed by atoms with Crippen LogP contribution in [-0.2, 0) is 4.79 Å². The molecule has 0 unspecified atom stereocenters. The molecule has 2 rings (SSSR count). The second-order valence-corrected chi connectivity index (χ2v) is 4.90. The van der Waals surface area contributed by atoms with Crippen molar-refractivity contribution in [2.75, 3.05) is 6.61 Å². The lowest BCUT2D eigenvalue weighted by molar-refractivity contribution is -0.128. The summed E-state index contributed by atoms with van der Waals surface area (Å²) in [7, 11) is 0. The Morgan fingerprint density at radius 1 is 1.04 bits per heavy atom. The summed E-state index contributed by atoms with van der Waals surface area (Å²) in [5, 5.41) is 0. The maximum Gasteiger partial charge on any atom is 0.343 e. The van der Waals surface area contributed by atoms with Crippen molar-refractivity contribution in [3.63, 3.8) is 0 Å². The number of rotatable bonds is 6. The van der Waals surface area contributed by atoms with Crippen molar-refractivity contribution < 1.29 is 23.8 Å². The minimum absolute atomic E-state index is 0.325. The van der Waals surface area contributed by atoms with Crippen LogP contribution in [0.15, 0.2) is 55.1 Å². The van der Waals surface area contributed by atoms with E-state index in [2.05, 4.69) is 6.58 Å². The molecule has 0 N–H and O–H groups in total. The van der Waals surface area contributed by atoms with Gasteiger partial charge in [0.15, 0.2) is 0 Å². The van der Waals surface area contributed by atoms with Crippen molar-refractivity contribution in [2.45, 2.75) is 13.8 Å². The van der Waals surface area contributed by atoms with Crippen molar-refractivity contribution in [3.8, 4) is 17.2 Å². The van der Waals surface area contributed by atoms with Crippen LogP contribution in [-0.4, -0.2) is 18.5 Å². The van der Waals surface area contributed by atoms with Gasteiger partial charge in [0.2, 0.25) is 0 Å². The average molecular weight is 326 g/mol. The molecule has 0 bridgehead atoms. The quantitative estimate of drug-likeness (QED) is 0.460. The predicted molar refractivity (Wildman–Crippen MR) is 89.6 cm³/mol. The molecule has 124 valence electrons. The first-order chi connectivity index (χ1) is 11.5. The first kappa shape index (κ1) is 17.3. The number of carbonyl (C=O) groups is 2. The molecular formula is C19H18O5. The van der Waals surface area contributed by atoms with Gasteiger partial charge in [0.25, 0.3) is 0 Å². The fraction of sp³-hybridized carbons (Fsp3) is 0.158. The van der Waals surface area contributed by atoms with Gasteiger partial charge in [-0.2, -0.15) is 0 Å². The smallest absolute Gasteiger partial charge is 0.343 e. The number of benzene rings is 2. The van der Waals surface area contributed by atoms with Crippen LogP contribution in [0.25, 0.3) is 0 Å². The third-order valence-corrected chi connectivity index (χ3v) is 3.15. The number of hydrogen-bond donors (Lipinski definition) is 0. The van der Waals surface area contributed by atoms with E-state index in [1.165, 1.54) is 24.3 Å². The van der Waals surface area contributed by atoms with Gasteiger partial charge in [-0.05, 0) is 49.7 Å². The molecule has 0 saturated carbocycles. The average Bonchev–Trinajstić information content (AvgIpc) is 2.58. The summed E-state index contributed by atoms with van der Waals surface area (Å²) in [5.74, 6) is 0.332. The maximum absolute atomic E-state index is 12.2. The van der Waals surface area contributed by atoms with E-state index >= 15 is 0 Å². The monoisotopic (exact) mass is 326 g/mol. The molecule has 2 aromatic rings. The summed E-state index contributed by atoms with van der Waals surface area (Å²) in [6, 6.07) is 11.4. The fourth-order valence-electron chi connectivity index (χ4n) is 1.92. The van der Waals surface area contributed by atoms with Crippen molar-refractivity contribution in [1.29, 1.82) is 0 Å². The van der Waals surface area contributed by atoms with E-state index in [0.717, 1.165) is 11.6 Å². The zero-order valence-corrected chi connectivity index (χ0v) is 13.6. The highest BCUT2D eigenvalue weighted by Gasteiger charge is 2.12. The van der Waals surface area contributed by atoms with E-state index in [1.807, 2.05) is 26.0 Å². The third-order valence-electron chi connectivity index (χ3n) is 3.15. The summed E-state index contributed by atoms with van der Waals surface area (Å²) >= 11 is 0. The zero-order chi connectivity index (χ0) is 17.5. The summed E-state index contributed by atoms with van der Waals surface area (Å²) in [6.45, 7) is 7.57. The Morgan fingerprint density at radius 2 is 1.71 bits per heavy atom. The number of hydrogen-bond acceptors (Lipinski definition) is 5. The largest absolute Gasteiger partial charge is 0.494 e. The second kappa shape index (κ2) is 7.97. The molecule has 0 fully saturated rings. The van der Waals surface area contributed by atoms with E-state index in [-0.39, 0.29) is 0 Å². The van der Waals surface area contributed by atoms with Crippen molar-refractivity contribution >= 4 is 11.9 Å². The van der Waals surface area contributed by atoms with Gasteiger partial charge >= 0.3 is 11.9 Å². The van der Waals surface area contributed by atoms with Crippen LogP contribution >= 0.6 is 0 Å². The summed E-state index contributed by atoms with van der Waals surface area (Å²) < 4.78 is 15.8. The van der Waals surface area contributed by atoms with Crippen LogP contribution in [0.3, 0.4) is 0 Å². The number of ether oxygens (including phenoxy) is 3. The molecule has 5 nitrogen and oxygen atoms in total. The van der Waals surface area contributed by atoms with Gasteiger partial charge in [-0.15, -0.1) is 0 Å². The lowest BCUT2D eigenvalue weighted by Crippen LogP contribution is -2.10. The lowest BCUT2D eigenvalue weighted by atomic mass is 10.2. The molecule has 5 heteroatoms. The first-order valence-electron chi connectivity index (χ1n) is 7.43. The molecule has 0 atom stereocenters. The van der Waals surface area contributed by atoms with Gasteiger partial charge in [0, 0.05) is 12.1 Å². The van der Waals surface area contributed by atoms with E-state index in [4.69, 9.17) is 14.2 Å². The molecule has 0 aliphatic heterocycles. The van der Waals surface area contributed by atoms with Gasteiger partial charge < -0.3 is 14.2 Å². The molecule has 24 heavy (non-hydrogen) atoms. The van der Waals surface area contributed by atoms with Gasteiger partial charge in [-0.3, -0.25) is 0 Å². The second-order valence-electron chi connectivity index (χ2n) is 4.90. The zero-order valence-electron chi connectivity index (χ0n) is 13.6. The molecular weight excluding hydrogens is 308 g/mol. The SMILES string of the molecule is C=CC(=O)Oc1ccc(C(=O)Oc2cc(OCC)ccc2C)cc1. The topological polar surface area (TPSA) is 61.8 Å². The Morgan fingerprint density at radius 3 is 2.33 bits per heavy atom. The van der Waals surface area contributed by atoms with Gasteiger partial charge in [0.05, 0.1) is 12.2 Å². The van der Waals surface area contributed by atoms with Gasteiger partial charge in [-0.1, -0.05) is 12.6 Å². The Hall–Kier alpha value is -3.08.